The molecule has 1 aliphatic carbocycles. The number of halogens is 4. The van der Waals surface area contributed by atoms with Crippen LogP contribution in [0.2, 0.25) is 0 Å². The zero-order valence-electron chi connectivity index (χ0n) is 15.1. The maximum Gasteiger partial charge on any atom is 0.223 e. The van der Waals surface area contributed by atoms with Gasteiger partial charge < -0.3 is 15.5 Å². The lowest BCUT2D eigenvalue weighted by molar-refractivity contribution is -0.123. The largest absolute Gasteiger partial charge is 0.354 e. The van der Waals surface area contributed by atoms with Crippen molar-refractivity contribution in [2.75, 3.05) is 33.7 Å². The second kappa shape index (κ2) is 9.31. The van der Waals surface area contributed by atoms with Crippen molar-refractivity contribution in [2.24, 2.45) is 11.3 Å². The molecule has 2 N–H and O–H groups in total. The lowest BCUT2D eigenvalue weighted by Crippen LogP contribution is -2.38. The number of nitrogens with zero attached hydrogens (tertiary/aromatic N) is 1. The maximum atomic E-state index is 14.1. The second-order valence-electron chi connectivity index (χ2n) is 7.23. The summed E-state index contributed by atoms with van der Waals surface area (Å²) in [5.41, 5.74) is 0.168. The van der Waals surface area contributed by atoms with Crippen LogP contribution in [0.25, 0.3) is 0 Å². The lowest BCUT2D eigenvalue weighted by atomic mass is 9.91. The molecule has 1 spiro atoms. The van der Waals surface area contributed by atoms with E-state index in [0.29, 0.717) is 0 Å². The fraction of sp³-hybridized carbons (Fsp3) is 0.611. The van der Waals surface area contributed by atoms with Gasteiger partial charge in [-0.3, -0.25) is 4.79 Å². The Bertz CT molecular complexity index is 604. The van der Waals surface area contributed by atoms with Gasteiger partial charge in [0.25, 0.3) is 0 Å². The minimum absolute atomic E-state index is 0. The van der Waals surface area contributed by atoms with E-state index in [1.807, 2.05) is 0 Å². The molecule has 1 heterocycles. The van der Waals surface area contributed by atoms with Crippen LogP contribution in [0.5, 0.6) is 0 Å². The highest BCUT2D eigenvalue weighted by Gasteiger charge is 2.57. The van der Waals surface area contributed by atoms with Crippen molar-refractivity contribution >= 4 is 30.7 Å². The van der Waals surface area contributed by atoms with Gasteiger partial charge in [-0.2, -0.15) is 0 Å². The first-order valence-corrected chi connectivity index (χ1v) is 8.53. The van der Waals surface area contributed by atoms with Gasteiger partial charge in [-0.25, -0.2) is 8.78 Å². The van der Waals surface area contributed by atoms with E-state index in [2.05, 4.69) is 10.6 Å². The van der Waals surface area contributed by atoms with E-state index in [1.54, 1.807) is 19.0 Å². The summed E-state index contributed by atoms with van der Waals surface area (Å²) in [6.45, 7) is 2.13. The Morgan fingerprint density at radius 2 is 1.85 bits per heavy atom. The molecule has 148 valence electrons. The molecule has 2 unspecified atom stereocenters. The zero-order valence-corrected chi connectivity index (χ0v) is 16.7. The number of carbonyl (C=O) groups excluding carboxylic acids is 1. The first-order chi connectivity index (χ1) is 11.4. The van der Waals surface area contributed by atoms with Crippen molar-refractivity contribution in [3.63, 3.8) is 0 Å². The molecule has 1 aliphatic heterocycles. The number of benzene rings is 1. The molecule has 1 saturated carbocycles. The third-order valence-corrected chi connectivity index (χ3v) is 5.53. The summed E-state index contributed by atoms with van der Waals surface area (Å²) in [7, 11) is 3.52. The molecule has 2 fully saturated rings. The van der Waals surface area contributed by atoms with E-state index in [4.69, 9.17) is 0 Å². The molecule has 1 amide bonds. The monoisotopic (exact) mass is 409 g/mol. The van der Waals surface area contributed by atoms with Gasteiger partial charge in [0.15, 0.2) is 0 Å². The number of likely N-dealkylation sites (N-methyl/N-ethyl adjacent to an activating group) is 1. The topological polar surface area (TPSA) is 44.4 Å². The normalized spacial score (nSPS) is 21.5. The summed E-state index contributed by atoms with van der Waals surface area (Å²) < 4.78 is 28.1. The van der Waals surface area contributed by atoms with Gasteiger partial charge in [0.2, 0.25) is 5.91 Å². The highest BCUT2D eigenvalue weighted by atomic mass is 35.5. The molecule has 0 bridgehead atoms. The number of amides is 1. The Morgan fingerprint density at radius 3 is 2.38 bits per heavy atom. The van der Waals surface area contributed by atoms with Crippen molar-refractivity contribution in [3.05, 3.63) is 35.4 Å². The number of carbonyl (C=O) groups is 1. The first-order valence-electron chi connectivity index (χ1n) is 8.53. The van der Waals surface area contributed by atoms with Crippen molar-refractivity contribution in [2.45, 2.75) is 25.3 Å². The van der Waals surface area contributed by atoms with Crippen LogP contribution in [-0.4, -0.2) is 44.5 Å². The molecule has 1 aromatic carbocycles. The highest BCUT2D eigenvalue weighted by molar-refractivity contribution is 5.85. The fourth-order valence-electron chi connectivity index (χ4n) is 3.89. The van der Waals surface area contributed by atoms with Crippen LogP contribution < -0.4 is 10.6 Å². The van der Waals surface area contributed by atoms with Gasteiger partial charge in [-0.15, -0.1) is 24.8 Å². The van der Waals surface area contributed by atoms with Crippen LogP contribution in [0.15, 0.2) is 18.2 Å². The van der Waals surface area contributed by atoms with E-state index in [9.17, 15) is 13.6 Å². The molecule has 1 aromatic rings. The Morgan fingerprint density at radius 1 is 1.27 bits per heavy atom. The summed E-state index contributed by atoms with van der Waals surface area (Å²) in [5, 5.41) is 6.23. The van der Waals surface area contributed by atoms with E-state index >= 15 is 0 Å². The second-order valence-corrected chi connectivity index (χ2v) is 7.23. The number of hydrogen-bond donors (Lipinski definition) is 2. The molecule has 4 nitrogen and oxygen atoms in total. The zero-order chi connectivity index (χ0) is 17.3. The van der Waals surface area contributed by atoms with E-state index in [0.717, 1.165) is 32.4 Å². The minimum atomic E-state index is -0.579. The SMILES string of the molecule is CN(C)C(CNC(=O)C1CC12CCNCC2)c1c(F)cccc1F.Cl.Cl. The van der Waals surface area contributed by atoms with Gasteiger partial charge in [0.05, 0.1) is 6.04 Å². The Balaban J connectivity index is 0.00000169. The third-order valence-electron chi connectivity index (χ3n) is 5.53. The van der Waals surface area contributed by atoms with Gasteiger partial charge in [0, 0.05) is 18.0 Å². The maximum absolute atomic E-state index is 14.1. The average Bonchev–Trinajstić information content (AvgIpc) is 3.23. The molecule has 8 heteroatoms. The van der Waals surface area contributed by atoms with Crippen LogP contribution in [0.3, 0.4) is 0 Å². The van der Waals surface area contributed by atoms with Crippen LogP contribution in [0, 0.1) is 23.0 Å². The van der Waals surface area contributed by atoms with Crippen molar-refractivity contribution in [1.29, 1.82) is 0 Å². The first kappa shape index (κ1) is 23.1. The molecule has 1 saturated heterocycles. The summed E-state index contributed by atoms with van der Waals surface area (Å²) >= 11 is 0. The minimum Gasteiger partial charge on any atom is -0.354 e. The van der Waals surface area contributed by atoms with Gasteiger partial charge >= 0.3 is 0 Å². The summed E-state index contributed by atoms with van der Waals surface area (Å²) in [5.74, 6) is -1.10. The van der Waals surface area contributed by atoms with Crippen LogP contribution in [0.4, 0.5) is 8.78 Å². The smallest absolute Gasteiger partial charge is 0.223 e. The molecule has 0 radical (unpaired) electrons. The molecule has 2 aliphatic rings. The van der Waals surface area contributed by atoms with Crippen molar-refractivity contribution in [1.82, 2.24) is 15.5 Å². The van der Waals surface area contributed by atoms with Gasteiger partial charge in [-0.05, 0) is 64.0 Å². The highest BCUT2D eigenvalue weighted by Crippen LogP contribution is 2.58. The predicted molar refractivity (Wildman–Crippen MR) is 103 cm³/mol. The van der Waals surface area contributed by atoms with Crippen LogP contribution >= 0.6 is 24.8 Å². The van der Waals surface area contributed by atoms with Gasteiger partial charge in [-0.1, -0.05) is 6.07 Å². The summed E-state index contributed by atoms with van der Waals surface area (Å²) in [6.07, 6.45) is 3.00. The quantitative estimate of drug-likeness (QED) is 0.785. The van der Waals surface area contributed by atoms with Gasteiger partial charge in [0.1, 0.15) is 11.6 Å². The molecular weight excluding hydrogens is 383 g/mol. The van der Waals surface area contributed by atoms with Crippen LogP contribution in [0.1, 0.15) is 30.9 Å². The van der Waals surface area contributed by atoms with Crippen LogP contribution in [-0.2, 0) is 4.79 Å². The Hall–Kier alpha value is -0.950. The molecule has 0 aromatic heterocycles. The number of piperidine rings is 1. The lowest BCUT2D eigenvalue weighted by Gasteiger charge is -2.27. The van der Waals surface area contributed by atoms with Crippen molar-refractivity contribution < 1.29 is 13.6 Å². The predicted octanol–water partition coefficient (Wildman–Crippen LogP) is 2.92. The standard InChI is InChI=1S/C18H25F2N3O.2ClH/c1-23(2)15(16-13(19)4-3-5-14(16)20)11-22-17(24)12-10-18(12)6-8-21-9-7-18;;/h3-5,12,15,21H,6-11H2,1-2H3,(H,22,24);2*1H. The Kier molecular flexibility index (Phi) is 8.27. The van der Waals surface area contributed by atoms with E-state index in [1.165, 1.54) is 18.2 Å². The van der Waals surface area contributed by atoms with E-state index < -0.39 is 17.7 Å². The average molecular weight is 410 g/mol. The van der Waals surface area contributed by atoms with E-state index in [-0.39, 0.29) is 54.2 Å². The van der Waals surface area contributed by atoms with Crippen molar-refractivity contribution in [3.8, 4) is 0 Å². The molecule has 3 rings (SSSR count). The number of hydrogen-bond acceptors (Lipinski definition) is 3. The Labute approximate surface area is 165 Å². The molecule has 26 heavy (non-hydrogen) atoms. The molecule has 2 atom stereocenters. The molecular formula is C18H27Cl2F2N3O. The third kappa shape index (κ3) is 4.66. The summed E-state index contributed by atoms with van der Waals surface area (Å²) in [6, 6.07) is 3.33. The summed E-state index contributed by atoms with van der Waals surface area (Å²) in [4.78, 5) is 14.2. The number of nitrogens with one attached hydrogen (secondary N) is 2. The number of rotatable bonds is 5. The fourth-order valence-corrected chi connectivity index (χ4v) is 3.89.